The number of thioether (sulfide) groups is 1. The van der Waals surface area contributed by atoms with Crippen LogP contribution in [0.15, 0.2) is 27.6 Å². The molecule has 0 radical (unpaired) electrons. The minimum absolute atomic E-state index is 0.00179. The number of halogens is 1. The first kappa shape index (κ1) is 18.0. The zero-order valence-corrected chi connectivity index (χ0v) is 15.1. The van der Waals surface area contributed by atoms with Crippen molar-refractivity contribution in [1.82, 2.24) is 4.90 Å². The van der Waals surface area contributed by atoms with Gasteiger partial charge in [0.25, 0.3) is 0 Å². The Hall–Kier alpha value is -1.01. The van der Waals surface area contributed by atoms with Gasteiger partial charge in [-0.3, -0.25) is 9.59 Å². The Kier molecular flexibility index (Phi) is 7.25. The molecule has 0 aliphatic heterocycles. The molecule has 4 nitrogen and oxygen atoms in total. The highest BCUT2D eigenvalue weighted by Gasteiger charge is 2.18. The molecule has 1 atom stereocenters. The number of amides is 1. The van der Waals surface area contributed by atoms with E-state index < -0.39 is 0 Å². The van der Waals surface area contributed by atoms with Gasteiger partial charge in [-0.1, -0.05) is 22.9 Å². The van der Waals surface area contributed by atoms with E-state index in [1.807, 2.05) is 25.1 Å². The Balaban J connectivity index is 2.51. The lowest BCUT2D eigenvalue weighted by Gasteiger charge is -2.20. The fourth-order valence-corrected chi connectivity index (χ4v) is 3.24. The summed E-state index contributed by atoms with van der Waals surface area (Å²) < 4.78 is 5.69. The molecule has 6 heteroatoms. The topological polar surface area (TPSA) is 46.6 Å². The number of hydrogen-bond donors (Lipinski definition) is 0. The average Bonchev–Trinajstić information content (AvgIpc) is 2.44. The summed E-state index contributed by atoms with van der Waals surface area (Å²) >= 11 is 4.92. The number of rotatable bonds is 6. The lowest BCUT2D eigenvalue weighted by molar-refractivity contribution is -0.145. The molecule has 1 unspecified atom stereocenters. The van der Waals surface area contributed by atoms with E-state index in [4.69, 9.17) is 0 Å². The zero-order chi connectivity index (χ0) is 16.0. The second kappa shape index (κ2) is 8.44. The van der Waals surface area contributed by atoms with Crippen LogP contribution < -0.4 is 0 Å². The molecular formula is C15H20BrNO3S. The van der Waals surface area contributed by atoms with Crippen LogP contribution in [0.3, 0.4) is 0 Å². The van der Waals surface area contributed by atoms with Crippen LogP contribution in [0.1, 0.15) is 12.5 Å². The van der Waals surface area contributed by atoms with Crippen LogP contribution in [0.25, 0.3) is 0 Å². The number of ether oxygens (including phenoxy) is 1. The van der Waals surface area contributed by atoms with Crippen LogP contribution in [-0.4, -0.2) is 43.2 Å². The zero-order valence-electron chi connectivity index (χ0n) is 12.7. The maximum absolute atomic E-state index is 12.1. The highest BCUT2D eigenvalue weighted by molar-refractivity contribution is 9.10. The second-order valence-corrected chi connectivity index (χ2v) is 6.83. The summed E-state index contributed by atoms with van der Waals surface area (Å²) in [6.07, 6.45) is 0. The van der Waals surface area contributed by atoms with Gasteiger partial charge in [0.2, 0.25) is 5.91 Å². The Labute approximate surface area is 138 Å². The molecule has 1 rings (SSSR count). The number of benzene rings is 1. The van der Waals surface area contributed by atoms with Crippen molar-refractivity contribution in [2.45, 2.75) is 18.7 Å². The van der Waals surface area contributed by atoms with Gasteiger partial charge in [0.05, 0.1) is 18.8 Å². The first-order valence-corrected chi connectivity index (χ1v) is 8.33. The molecule has 1 amide bonds. The summed E-state index contributed by atoms with van der Waals surface area (Å²) in [7, 11) is 3.06. The largest absolute Gasteiger partial charge is 0.469 e. The first-order valence-electron chi connectivity index (χ1n) is 6.56. The van der Waals surface area contributed by atoms with Crippen molar-refractivity contribution in [3.8, 4) is 0 Å². The number of carbonyl (C=O) groups is 2. The number of aryl methyl sites for hydroxylation is 1. The molecule has 0 saturated carbocycles. The Morgan fingerprint density at radius 2 is 2.10 bits per heavy atom. The molecule has 0 aliphatic carbocycles. The van der Waals surface area contributed by atoms with E-state index >= 15 is 0 Å². The number of nitrogens with zero attached hydrogens (tertiary/aromatic N) is 1. The van der Waals surface area contributed by atoms with E-state index in [0.29, 0.717) is 12.3 Å². The average molecular weight is 374 g/mol. The van der Waals surface area contributed by atoms with Crippen molar-refractivity contribution in [3.05, 3.63) is 28.2 Å². The minimum atomic E-state index is -0.316. The van der Waals surface area contributed by atoms with Gasteiger partial charge in [0.1, 0.15) is 0 Å². The van der Waals surface area contributed by atoms with Gasteiger partial charge in [-0.2, -0.15) is 0 Å². The predicted octanol–water partition coefficient (Wildman–Crippen LogP) is 3.12. The standard InChI is InChI=1S/C15H20BrNO3S/c1-10-7-12(16)5-6-13(10)21-9-14(18)17(3)8-11(2)15(19)20-4/h5-7,11H,8-9H2,1-4H3. The third kappa shape index (κ3) is 5.71. The highest BCUT2D eigenvalue weighted by atomic mass is 79.9. The van der Waals surface area contributed by atoms with Crippen LogP contribution in [-0.2, 0) is 14.3 Å². The van der Waals surface area contributed by atoms with Crippen molar-refractivity contribution in [2.75, 3.05) is 26.5 Å². The third-order valence-corrected chi connectivity index (χ3v) is 4.72. The highest BCUT2D eigenvalue weighted by Crippen LogP contribution is 2.25. The maximum Gasteiger partial charge on any atom is 0.310 e. The second-order valence-electron chi connectivity index (χ2n) is 4.90. The summed E-state index contributed by atoms with van der Waals surface area (Å²) in [5.41, 5.74) is 1.13. The van der Waals surface area contributed by atoms with Crippen LogP contribution in [0.5, 0.6) is 0 Å². The predicted molar refractivity (Wildman–Crippen MR) is 88.4 cm³/mol. The molecule has 0 fully saturated rings. The molecule has 21 heavy (non-hydrogen) atoms. The maximum atomic E-state index is 12.1. The van der Waals surface area contributed by atoms with Gasteiger partial charge in [0, 0.05) is 23.0 Å². The molecule has 0 saturated heterocycles. The van der Waals surface area contributed by atoms with Gasteiger partial charge in [-0.15, -0.1) is 11.8 Å². The van der Waals surface area contributed by atoms with E-state index in [1.54, 1.807) is 18.9 Å². The molecule has 0 bridgehead atoms. The molecule has 0 heterocycles. The van der Waals surface area contributed by atoms with Crippen molar-refractivity contribution in [3.63, 3.8) is 0 Å². The Morgan fingerprint density at radius 3 is 2.67 bits per heavy atom. The van der Waals surface area contributed by atoms with Crippen LogP contribution in [0.2, 0.25) is 0 Å². The fourth-order valence-electron chi connectivity index (χ4n) is 1.81. The molecule has 0 aliphatic rings. The van der Waals surface area contributed by atoms with E-state index in [0.717, 1.165) is 14.9 Å². The number of esters is 1. The summed E-state index contributed by atoms with van der Waals surface area (Å²) in [5.74, 6) is -0.264. The van der Waals surface area contributed by atoms with Gasteiger partial charge in [-0.25, -0.2) is 0 Å². The summed E-state index contributed by atoms with van der Waals surface area (Å²) in [6.45, 7) is 4.13. The summed E-state index contributed by atoms with van der Waals surface area (Å²) in [4.78, 5) is 26.1. The van der Waals surface area contributed by atoms with Gasteiger partial charge in [-0.05, 0) is 30.7 Å². The Bertz CT molecular complexity index is 522. The number of carbonyl (C=O) groups excluding carboxylic acids is 2. The fraction of sp³-hybridized carbons (Fsp3) is 0.467. The van der Waals surface area contributed by atoms with Crippen molar-refractivity contribution >= 4 is 39.6 Å². The van der Waals surface area contributed by atoms with E-state index in [1.165, 1.54) is 18.9 Å². The molecule has 1 aromatic carbocycles. The van der Waals surface area contributed by atoms with Gasteiger partial charge in [0.15, 0.2) is 0 Å². The Morgan fingerprint density at radius 1 is 1.43 bits per heavy atom. The quantitative estimate of drug-likeness (QED) is 0.567. The molecule has 1 aromatic rings. The van der Waals surface area contributed by atoms with E-state index in [-0.39, 0.29) is 17.8 Å². The van der Waals surface area contributed by atoms with Crippen molar-refractivity contribution < 1.29 is 14.3 Å². The number of methoxy groups -OCH3 is 1. The van der Waals surface area contributed by atoms with E-state index in [2.05, 4.69) is 20.7 Å². The molecule has 116 valence electrons. The lowest BCUT2D eigenvalue weighted by Crippen LogP contribution is -2.35. The monoisotopic (exact) mass is 373 g/mol. The normalized spacial score (nSPS) is 11.9. The molecule has 0 N–H and O–H groups in total. The molecular weight excluding hydrogens is 354 g/mol. The van der Waals surface area contributed by atoms with Crippen LogP contribution >= 0.6 is 27.7 Å². The summed E-state index contributed by atoms with van der Waals surface area (Å²) in [6, 6.07) is 5.98. The molecule has 0 aromatic heterocycles. The SMILES string of the molecule is COC(=O)C(C)CN(C)C(=O)CSc1ccc(Br)cc1C. The third-order valence-electron chi connectivity index (χ3n) is 3.07. The van der Waals surface area contributed by atoms with Gasteiger partial charge < -0.3 is 9.64 Å². The number of hydrogen-bond acceptors (Lipinski definition) is 4. The van der Waals surface area contributed by atoms with Gasteiger partial charge >= 0.3 is 5.97 Å². The molecule has 0 spiro atoms. The lowest BCUT2D eigenvalue weighted by atomic mass is 10.2. The minimum Gasteiger partial charge on any atom is -0.469 e. The van der Waals surface area contributed by atoms with E-state index in [9.17, 15) is 9.59 Å². The summed E-state index contributed by atoms with van der Waals surface area (Å²) in [5, 5.41) is 0. The van der Waals surface area contributed by atoms with Crippen LogP contribution in [0.4, 0.5) is 0 Å². The van der Waals surface area contributed by atoms with Crippen molar-refractivity contribution in [2.24, 2.45) is 5.92 Å². The smallest absolute Gasteiger partial charge is 0.310 e. The van der Waals surface area contributed by atoms with Crippen LogP contribution in [0, 0.1) is 12.8 Å². The van der Waals surface area contributed by atoms with Crippen molar-refractivity contribution in [1.29, 1.82) is 0 Å². The first-order chi connectivity index (χ1) is 9.85.